The van der Waals surface area contributed by atoms with Gasteiger partial charge in [-0.1, -0.05) is 45.2 Å². The van der Waals surface area contributed by atoms with E-state index >= 15 is 0 Å². The molecule has 0 saturated carbocycles. The molecule has 15 heavy (non-hydrogen) atoms. The van der Waals surface area contributed by atoms with Gasteiger partial charge in [0.15, 0.2) is 0 Å². The van der Waals surface area contributed by atoms with Crippen molar-refractivity contribution in [1.82, 2.24) is 0 Å². The average molecular weight is 257 g/mol. The molecule has 0 aromatic heterocycles. The molecule has 0 aliphatic heterocycles. The summed E-state index contributed by atoms with van der Waals surface area (Å²) in [7, 11) is -3.79. The first-order chi connectivity index (χ1) is 6.60. The summed E-state index contributed by atoms with van der Waals surface area (Å²) in [6.07, 6.45) is 0. The van der Waals surface area contributed by atoms with Gasteiger partial charge in [0.1, 0.15) is 26.9 Å². The lowest BCUT2D eigenvalue weighted by molar-refractivity contribution is 0.691. The second-order valence-corrected chi connectivity index (χ2v) is 16.2. The topological polar surface area (TPSA) is 17.1 Å². The van der Waals surface area contributed by atoms with Crippen molar-refractivity contribution in [3.8, 4) is 22.3 Å². The van der Waals surface area contributed by atoms with Gasteiger partial charge in [0, 0.05) is 0 Å². The molecule has 0 aliphatic rings. The standard InChI is InChI=1S/C11H20OSSi2/c1-14(2,3)10-7-8-13(12)9-11-15(4,5)6/h8H2,1-6H3. The molecule has 1 unspecified atom stereocenters. The van der Waals surface area contributed by atoms with Crippen molar-refractivity contribution < 1.29 is 4.21 Å². The normalized spacial score (nSPS) is 13.2. The molecule has 1 nitrogen and oxygen atoms in total. The van der Waals surface area contributed by atoms with Gasteiger partial charge in [0.25, 0.3) is 0 Å². The predicted octanol–water partition coefficient (Wildman–Crippen LogP) is 2.45. The maximum absolute atomic E-state index is 11.4. The van der Waals surface area contributed by atoms with E-state index in [1.165, 1.54) is 0 Å². The third kappa shape index (κ3) is 11.6. The molecule has 0 aliphatic carbocycles. The Labute approximate surface area is 98.5 Å². The third-order valence-electron chi connectivity index (χ3n) is 1.21. The van der Waals surface area contributed by atoms with Crippen LogP contribution in [0.4, 0.5) is 0 Å². The Balaban J connectivity index is 4.27. The van der Waals surface area contributed by atoms with E-state index in [-0.39, 0.29) is 0 Å². The van der Waals surface area contributed by atoms with E-state index in [4.69, 9.17) is 0 Å². The molecular weight excluding hydrogens is 236 g/mol. The zero-order valence-corrected chi connectivity index (χ0v) is 13.3. The van der Waals surface area contributed by atoms with E-state index in [1.54, 1.807) is 0 Å². The van der Waals surface area contributed by atoms with Crippen LogP contribution in [0.3, 0.4) is 0 Å². The van der Waals surface area contributed by atoms with Crippen LogP contribution in [-0.2, 0) is 10.8 Å². The summed E-state index contributed by atoms with van der Waals surface area (Å²) < 4.78 is 11.4. The first-order valence-corrected chi connectivity index (χ1v) is 13.3. The summed E-state index contributed by atoms with van der Waals surface area (Å²) in [6, 6.07) is 0. The van der Waals surface area contributed by atoms with Crippen LogP contribution in [-0.4, -0.2) is 26.1 Å². The molecule has 0 rings (SSSR count). The fraction of sp³-hybridized carbons (Fsp3) is 0.636. The minimum atomic E-state index is -1.39. The fourth-order valence-corrected chi connectivity index (χ4v) is 3.32. The minimum absolute atomic E-state index is 0.405. The smallest absolute Gasteiger partial charge is 0.130 e. The largest absolute Gasteiger partial charge is 0.245 e. The molecule has 0 saturated heterocycles. The molecule has 0 spiro atoms. The molecule has 4 heteroatoms. The lowest BCUT2D eigenvalue weighted by Crippen LogP contribution is -2.17. The maximum atomic E-state index is 11.4. The zero-order valence-electron chi connectivity index (χ0n) is 10.5. The summed E-state index contributed by atoms with van der Waals surface area (Å²) in [4.78, 5) is 0. The van der Waals surface area contributed by atoms with Crippen LogP contribution < -0.4 is 0 Å². The van der Waals surface area contributed by atoms with Crippen LogP contribution in [0.15, 0.2) is 0 Å². The van der Waals surface area contributed by atoms with Crippen molar-refractivity contribution >= 4 is 26.9 Å². The number of hydrogen-bond acceptors (Lipinski definition) is 1. The Kier molecular flexibility index (Phi) is 5.58. The molecule has 0 aromatic rings. The molecule has 0 bridgehead atoms. The second-order valence-electron chi connectivity index (χ2n) is 5.52. The van der Waals surface area contributed by atoms with Gasteiger partial charge in [-0.2, -0.15) is 0 Å². The van der Waals surface area contributed by atoms with Crippen molar-refractivity contribution in [2.45, 2.75) is 39.3 Å². The monoisotopic (exact) mass is 256 g/mol. The summed E-state index contributed by atoms with van der Waals surface area (Å²) in [5.41, 5.74) is 6.29. The molecule has 1 atom stereocenters. The van der Waals surface area contributed by atoms with E-state index in [9.17, 15) is 4.21 Å². The van der Waals surface area contributed by atoms with Crippen LogP contribution in [0.25, 0.3) is 0 Å². The van der Waals surface area contributed by atoms with Crippen LogP contribution >= 0.6 is 0 Å². The molecule has 0 N–H and O–H groups in total. The van der Waals surface area contributed by atoms with E-state index < -0.39 is 26.9 Å². The molecule has 84 valence electrons. The minimum Gasteiger partial charge on any atom is -0.245 e. The van der Waals surface area contributed by atoms with Gasteiger partial charge < -0.3 is 0 Å². The van der Waals surface area contributed by atoms with Gasteiger partial charge >= 0.3 is 0 Å². The lowest BCUT2D eigenvalue weighted by atomic mass is 10.8. The van der Waals surface area contributed by atoms with Crippen molar-refractivity contribution in [2.75, 3.05) is 5.75 Å². The summed E-state index contributed by atoms with van der Waals surface area (Å²) in [5, 5.41) is 2.81. The molecule has 0 amide bonds. The Hall–Kier alpha value is -0.296. The Morgan fingerprint density at radius 3 is 1.80 bits per heavy atom. The fourth-order valence-electron chi connectivity index (χ4n) is 0.613. The highest BCUT2D eigenvalue weighted by atomic mass is 32.2. The molecular formula is C11H20OSSi2. The van der Waals surface area contributed by atoms with E-state index in [2.05, 4.69) is 61.5 Å². The van der Waals surface area contributed by atoms with Crippen LogP contribution in [0.1, 0.15) is 0 Å². The summed E-state index contributed by atoms with van der Waals surface area (Å²) >= 11 is 0. The number of hydrogen-bond donors (Lipinski definition) is 0. The highest BCUT2D eigenvalue weighted by Crippen LogP contribution is 1.97. The molecule has 0 heterocycles. The van der Waals surface area contributed by atoms with Gasteiger partial charge in [-0.15, -0.1) is 11.1 Å². The Morgan fingerprint density at radius 1 is 0.933 bits per heavy atom. The maximum Gasteiger partial charge on any atom is 0.130 e. The van der Waals surface area contributed by atoms with Gasteiger partial charge in [0.2, 0.25) is 0 Å². The highest BCUT2D eigenvalue weighted by molar-refractivity contribution is 7.90. The van der Waals surface area contributed by atoms with E-state index in [1.807, 2.05) is 0 Å². The quantitative estimate of drug-likeness (QED) is 0.520. The van der Waals surface area contributed by atoms with Crippen molar-refractivity contribution in [2.24, 2.45) is 0 Å². The molecule has 0 fully saturated rings. The van der Waals surface area contributed by atoms with Gasteiger partial charge in [-0.25, -0.2) is 4.21 Å². The average Bonchev–Trinajstić information content (AvgIpc) is 1.97. The van der Waals surface area contributed by atoms with Gasteiger partial charge in [-0.3, -0.25) is 0 Å². The second kappa shape index (κ2) is 5.70. The van der Waals surface area contributed by atoms with E-state index in [0.29, 0.717) is 5.75 Å². The van der Waals surface area contributed by atoms with E-state index in [0.717, 1.165) is 0 Å². The van der Waals surface area contributed by atoms with Crippen molar-refractivity contribution in [3.63, 3.8) is 0 Å². The van der Waals surface area contributed by atoms with Gasteiger partial charge in [-0.05, 0) is 5.25 Å². The predicted molar refractivity (Wildman–Crippen MR) is 75.3 cm³/mol. The van der Waals surface area contributed by atoms with Crippen LogP contribution in [0, 0.1) is 22.3 Å². The summed E-state index contributed by atoms with van der Waals surface area (Å²) in [5.74, 6) is 3.39. The summed E-state index contributed by atoms with van der Waals surface area (Å²) in [6.45, 7) is 13.0. The molecule has 0 aromatic carbocycles. The zero-order chi connectivity index (χ0) is 12.1. The SMILES string of the molecule is C[Si](C)(C)C#CCS(=O)C#C[Si](C)(C)C. The lowest BCUT2D eigenvalue weighted by Gasteiger charge is -2.03. The Morgan fingerprint density at radius 2 is 1.40 bits per heavy atom. The van der Waals surface area contributed by atoms with Crippen molar-refractivity contribution in [3.05, 3.63) is 0 Å². The van der Waals surface area contributed by atoms with Gasteiger partial charge in [0.05, 0.1) is 5.75 Å². The highest BCUT2D eigenvalue weighted by Gasteiger charge is 2.09. The third-order valence-corrected chi connectivity index (χ3v) is 3.93. The first kappa shape index (κ1) is 14.7. The first-order valence-electron chi connectivity index (χ1n) is 5.01. The van der Waals surface area contributed by atoms with Crippen molar-refractivity contribution in [1.29, 1.82) is 0 Å². The number of rotatable bonds is 1. The Bertz CT molecular complexity index is 353. The van der Waals surface area contributed by atoms with Crippen LogP contribution in [0.2, 0.25) is 39.3 Å². The van der Waals surface area contributed by atoms with Crippen LogP contribution in [0.5, 0.6) is 0 Å². The molecule has 0 radical (unpaired) electrons.